The molecule has 0 aliphatic carbocycles. The molecule has 0 fully saturated rings. The lowest BCUT2D eigenvalue weighted by Crippen LogP contribution is -2.17. The third-order valence-electron chi connectivity index (χ3n) is 5.32. The Kier molecular flexibility index (Phi) is 4.80. The molecular weight excluding hydrogens is 376 g/mol. The number of hydrogen-bond donors (Lipinski definition) is 1. The molecule has 5 rings (SSSR count). The lowest BCUT2D eigenvalue weighted by molar-refractivity contribution is 0.377. The van der Waals surface area contributed by atoms with Crippen molar-refractivity contribution < 1.29 is 4.42 Å². The number of hydrogen-bond acceptors (Lipinski definition) is 6. The summed E-state index contributed by atoms with van der Waals surface area (Å²) in [6, 6.07) is 16.2. The van der Waals surface area contributed by atoms with Gasteiger partial charge in [0.15, 0.2) is 5.58 Å². The molecule has 152 valence electrons. The molecule has 0 radical (unpaired) electrons. The second-order valence-electron chi connectivity index (χ2n) is 7.74. The van der Waals surface area contributed by atoms with Crippen LogP contribution >= 0.6 is 0 Å². The second kappa shape index (κ2) is 7.76. The maximum absolute atomic E-state index is 6.21. The van der Waals surface area contributed by atoms with E-state index in [1.54, 1.807) is 0 Å². The van der Waals surface area contributed by atoms with Gasteiger partial charge >= 0.3 is 0 Å². The first-order valence-electron chi connectivity index (χ1n) is 10.2. The zero-order chi connectivity index (χ0) is 20.5. The molecule has 3 aromatic heterocycles. The largest absolute Gasteiger partial charge is 0.452 e. The smallest absolute Gasteiger partial charge is 0.177 e. The van der Waals surface area contributed by atoms with Gasteiger partial charge in [-0.05, 0) is 45.3 Å². The van der Waals surface area contributed by atoms with Crippen LogP contribution in [0.5, 0.6) is 0 Å². The summed E-state index contributed by atoms with van der Waals surface area (Å²) in [4.78, 5) is 7.05. The molecule has 7 heteroatoms. The Labute approximate surface area is 174 Å². The SMILES string of the molecule is CN(C)CCCn1nncc1CNc1c2ccccc2nc2c1oc1ccccc12. The third-order valence-corrected chi connectivity index (χ3v) is 5.32. The summed E-state index contributed by atoms with van der Waals surface area (Å²) in [5.41, 5.74) is 5.43. The van der Waals surface area contributed by atoms with Gasteiger partial charge in [-0.15, -0.1) is 5.10 Å². The average molecular weight is 400 g/mol. The lowest BCUT2D eigenvalue weighted by Gasteiger charge is -2.12. The minimum Gasteiger partial charge on any atom is -0.452 e. The van der Waals surface area contributed by atoms with Crippen molar-refractivity contribution in [2.45, 2.75) is 19.5 Å². The number of furan rings is 1. The minimum absolute atomic E-state index is 0.606. The molecule has 0 aliphatic heterocycles. The van der Waals surface area contributed by atoms with Crippen LogP contribution < -0.4 is 5.32 Å². The number of aryl methyl sites for hydroxylation is 1. The van der Waals surface area contributed by atoms with E-state index in [1.165, 1.54) is 0 Å². The third kappa shape index (κ3) is 3.37. The van der Waals surface area contributed by atoms with Crippen molar-refractivity contribution in [3.63, 3.8) is 0 Å². The van der Waals surface area contributed by atoms with E-state index in [2.05, 4.69) is 46.8 Å². The first-order chi connectivity index (χ1) is 14.7. The van der Waals surface area contributed by atoms with Crippen LogP contribution in [0.15, 0.2) is 59.1 Å². The number of rotatable bonds is 7. The molecule has 0 atom stereocenters. The van der Waals surface area contributed by atoms with Crippen LogP contribution in [-0.2, 0) is 13.1 Å². The summed E-state index contributed by atoms with van der Waals surface area (Å²) in [6.07, 6.45) is 2.84. The van der Waals surface area contributed by atoms with Crippen molar-refractivity contribution in [2.24, 2.45) is 0 Å². The standard InChI is InChI=1S/C23H24N6O/c1-28(2)12-7-13-29-16(15-25-27-29)14-24-21-17-8-3-5-10-19(17)26-22-18-9-4-6-11-20(18)30-23(21)22/h3-6,8-11,15H,7,12-14H2,1-2H3,(H,24,26). The monoisotopic (exact) mass is 400 g/mol. The molecule has 5 aromatic rings. The van der Waals surface area contributed by atoms with Gasteiger partial charge in [-0.3, -0.25) is 0 Å². The maximum Gasteiger partial charge on any atom is 0.177 e. The highest BCUT2D eigenvalue weighted by molar-refractivity contribution is 6.13. The number of aromatic nitrogens is 4. The van der Waals surface area contributed by atoms with Crippen LogP contribution in [0.3, 0.4) is 0 Å². The second-order valence-corrected chi connectivity index (χ2v) is 7.74. The molecule has 2 aromatic carbocycles. The van der Waals surface area contributed by atoms with Gasteiger partial charge in [0.25, 0.3) is 0 Å². The first-order valence-corrected chi connectivity index (χ1v) is 10.2. The van der Waals surface area contributed by atoms with E-state index in [9.17, 15) is 0 Å². The van der Waals surface area contributed by atoms with Gasteiger partial charge in [0.05, 0.1) is 29.6 Å². The summed E-state index contributed by atoms with van der Waals surface area (Å²) in [5.74, 6) is 0. The predicted molar refractivity (Wildman–Crippen MR) is 120 cm³/mol. The van der Waals surface area contributed by atoms with Crippen LogP contribution in [0.1, 0.15) is 12.1 Å². The van der Waals surface area contributed by atoms with E-state index >= 15 is 0 Å². The normalized spacial score (nSPS) is 11.8. The predicted octanol–water partition coefficient (Wildman–Crippen LogP) is 4.29. The fourth-order valence-corrected chi connectivity index (χ4v) is 3.83. The molecule has 3 heterocycles. The molecule has 30 heavy (non-hydrogen) atoms. The quantitative estimate of drug-likeness (QED) is 0.439. The van der Waals surface area contributed by atoms with Gasteiger partial charge in [0, 0.05) is 17.3 Å². The first kappa shape index (κ1) is 18.6. The molecule has 0 bridgehead atoms. The molecule has 0 saturated carbocycles. The molecule has 0 saturated heterocycles. The van der Waals surface area contributed by atoms with E-state index in [0.29, 0.717) is 6.54 Å². The fourth-order valence-electron chi connectivity index (χ4n) is 3.83. The number of fused-ring (bicyclic) bond motifs is 4. The highest BCUT2D eigenvalue weighted by atomic mass is 16.3. The number of anilines is 1. The topological polar surface area (TPSA) is 72.0 Å². The van der Waals surface area contributed by atoms with E-state index < -0.39 is 0 Å². The molecule has 0 aliphatic rings. The number of nitrogens with one attached hydrogen (secondary N) is 1. The molecule has 0 spiro atoms. The van der Waals surface area contributed by atoms with Gasteiger partial charge in [0.2, 0.25) is 0 Å². The van der Waals surface area contributed by atoms with Crippen molar-refractivity contribution in [2.75, 3.05) is 26.0 Å². The van der Waals surface area contributed by atoms with Crippen molar-refractivity contribution in [1.29, 1.82) is 0 Å². The van der Waals surface area contributed by atoms with Gasteiger partial charge in [0.1, 0.15) is 11.1 Å². The number of para-hydroxylation sites is 2. The van der Waals surface area contributed by atoms with E-state index in [0.717, 1.165) is 63.9 Å². The fraction of sp³-hybridized carbons (Fsp3) is 0.261. The highest BCUT2D eigenvalue weighted by Crippen LogP contribution is 2.36. The molecule has 7 nitrogen and oxygen atoms in total. The number of pyridine rings is 1. The van der Waals surface area contributed by atoms with Gasteiger partial charge in [-0.2, -0.15) is 0 Å². The Morgan fingerprint density at radius 1 is 1.03 bits per heavy atom. The minimum atomic E-state index is 0.606. The van der Waals surface area contributed by atoms with Crippen molar-refractivity contribution in [3.8, 4) is 0 Å². The molecule has 0 unspecified atom stereocenters. The van der Waals surface area contributed by atoms with Crippen LogP contribution in [0, 0.1) is 0 Å². The average Bonchev–Trinajstić information content (AvgIpc) is 3.35. The van der Waals surface area contributed by atoms with Crippen molar-refractivity contribution >= 4 is 38.7 Å². The Balaban J connectivity index is 1.52. The Hall–Kier alpha value is -3.45. The summed E-state index contributed by atoms with van der Waals surface area (Å²) in [6.45, 7) is 2.46. The summed E-state index contributed by atoms with van der Waals surface area (Å²) in [7, 11) is 4.16. The van der Waals surface area contributed by atoms with Crippen LogP contribution in [-0.4, -0.2) is 45.5 Å². The Bertz CT molecular complexity index is 1320. The van der Waals surface area contributed by atoms with Gasteiger partial charge in [-0.25, -0.2) is 9.67 Å². The highest BCUT2D eigenvalue weighted by Gasteiger charge is 2.16. The zero-order valence-electron chi connectivity index (χ0n) is 17.2. The van der Waals surface area contributed by atoms with Crippen molar-refractivity contribution in [1.82, 2.24) is 24.9 Å². The van der Waals surface area contributed by atoms with Crippen molar-refractivity contribution in [3.05, 3.63) is 60.4 Å². The number of nitrogens with zero attached hydrogens (tertiary/aromatic N) is 5. The van der Waals surface area contributed by atoms with Crippen LogP contribution in [0.25, 0.3) is 33.0 Å². The number of benzene rings is 2. The Morgan fingerprint density at radius 3 is 2.70 bits per heavy atom. The van der Waals surface area contributed by atoms with Gasteiger partial charge in [-0.1, -0.05) is 35.5 Å². The van der Waals surface area contributed by atoms with Crippen LogP contribution in [0.2, 0.25) is 0 Å². The van der Waals surface area contributed by atoms with Crippen LogP contribution in [0.4, 0.5) is 5.69 Å². The summed E-state index contributed by atoms with van der Waals surface area (Å²) < 4.78 is 8.18. The van der Waals surface area contributed by atoms with E-state index in [4.69, 9.17) is 9.40 Å². The zero-order valence-corrected chi connectivity index (χ0v) is 17.2. The van der Waals surface area contributed by atoms with E-state index in [1.807, 2.05) is 47.3 Å². The molecular formula is C23H24N6O. The molecule has 0 amide bonds. The van der Waals surface area contributed by atoms with E-state index in [-0.39, 0.29) is 0 Å². The maximum atomic E-state index is 6.21. The van der Waals surface area contributed by atoms with Gasteiger partial charge < -0.3 is 14.6 Å². The summed E-state index contributed by atoms with van der Waals surface area (Å²) >= 11 is 0. The lowest BCUT2D eigenvalue weighted by atomic mass is 10.1. The Morgan fingerprint density at radius 2 is 1.83 bits per heavy atom. The molecule has 1 N–H and O–H groups in total. The summed E-state index contributed by atoms with van der Waals surface area (Å²) in [5, 5.41) is 14.0.